The van der Waals surface area contributed by atoms with Gasteiger partial charge in [-0.3, -0.25) is 9.52 Å². The van der Waals surface area contributed by atoms with Gasteiger partial charge in [0.25, 0.3) is 0 Å². The minimum Gasteiger partial charge on any atom is -0.508 e. The van der Waals surface area contributed by atoms with Gasteiger partial charge in [-0.2, -0.15) is 0 Å². The van der Waals surface area contributed by atoms with Crippen LogP contribution in [0.1, 0.15) is 23.6 Å². The van der Waals surface area contributed by atoms with Gasteiger partial charge in [-0.05, 0) is 54.3 Å². The number of phenolic OH excluding ortho intramolecular Hbond substituents is 1. The number of aryl methyl sites for hydroxylation is 2. The molecule has 2 rings (SSSR count). The highest BCUT2D eigenvalue weighted by Crippen LogP contribution is 2.31. The first kappa shape index (κ1) is 18.8. The van der Waals surface area contributed by atoms with Crippen LogP contribution in [0.5, 0.6) is 17.2 Å². The fraction of sp³-hybridized carbons (Fsp3) is 0.278. The number of nitrogens with one attached hydrogen (secondary N) is 1. The molecular formula is C18H21NO5S. The SMILES string of the molecule is CCc1cc(CC(=O)NS(C)(=O)=O)cc(C)c1Oc1ccc(O)cc1. The van der Waals surface area contributed by atoms with Crippen molar-refractivity contribution >= 4 is 15.9 Å². The lowest BCUT2D eigenvalue weighted by Gasteiger charge is -2.15. The van der Waals surface area contributed by atoms with Crippen LogP contribution in [0.2, 0.25) is 0 Å². The predicted molar refractivity (Wildman–Crippen MR) is 95.4 cm³/mol. The summed E-state index contributed by atoms with van der Waals surface area (Å²) in [6.07, 6.45) is 1.61. The van der Waals surface area contributed by atoms with E-state index in [9.17, 15) is 18.3 Å². The Kier molecular flexibility index (Phi) is 5.69. The quantitative estimate of drug-likeness (QED) is 0.823. The minimum atomic E-state index is -3.57. The van der Waals surface area contributed by atoms with Gasteiger partial charge < -0.3 is 9.84 Å². The van der Waals surface area contributed by atoms with Gasteiger partial charge in [0.15, 0.2) is 0 Å². The van der Waals surface area contributed by atoms with Gasteiger partial charge in [-0.1, -0.05) is 19.1 Å². The van der Waals surface area contributed by atoms with E-state index in [1.165, 1.54) is 0 Å². The smallest absolute Gasteiger partial charge is 0.237 e. The molecule has 0 aliphatic rings. The van der Waals surface area contributed by atoms with E-state index in [1.54, 1.807) is 30.3 Å². The number of rotatable bonds is 6. The van der Waals surface area contributed by atoms with Gasteiger partial charge in [0.2, 0.25) is 15.9 Å². The Morgan fingerprint density at radius 1 is 1.20 bits per heavy atom. The number of aromatic hydroxyl groups is 1. The number of carbonyl (C=O) groups is 1. The zero-order valence-corrected chi connectivity index (χ0v) is 15.2. The second kappa shape index (κ2) is 7.57. The number of carbonyl (C=O) groups excluding carboxylic acids is 1. The van der Waals surface area contributed by atoms with Crippen molar-refractivity contribution in [2.75, 3.05) is 6.26 Å². The average Bonchev–Trinajstić information content (AvgIpc) is 2.49. The molecule has 2 aromatic rings. The van der Waals surface area contributed by atoms with E-state index >= 15 is 0 Å². The third-order valence-electron chi connectivity index (χ3n) is 3.51. The van der Waals surface area contributed by atoms with E-state index in [0.29, 0.717) is 23.5 Å². The highest BCUT2D eigenvalue weighted by Gasteiger charge is 2.14. The topological polar surface area (TPSA) is 92.7 Å². The molecule has 0 spiro atoms. The molecule has 0 unspecified atom stereocenters. The first-order valence-corrected chi connectivity index (χ1v) is 9.67. The fourth-order valence-corrected chi connectivity index (χ4v) is 2.98. The van der Waals surface area contributed by atoms with Gasteiger partial charge >= 0.3 is 0 Å². The number of amides is 1. The molecular weight excluding hydrogens is 342 g/mol. The molecule has 134 valence electrons. The molecule has 2 aromatic carbocycles. The zero-order chi connectivity index (χ0) is 18.6. The van der Waals surface area contributed by atoms with Crippen molar-refractivity contribution < 1.29 is 23.1 Å². The van der Waals surface area contributed by atoms with Crippen LogP contribution in [-0.2, 0) is 27.7 Å². The number of ether oxygens (including phenoxy) is 1. The molecule has 1 amide bonds. The second-order valence-electron chi connectivity index (χ2n) is 5.82. The minimum absolute atomic E-state index is 0.0274. The maximum Gasteiger partial charge on any atom is 0.237 e. The van der Waals surface area contributed by atoms with Crippen molar-refractivity contribution in [2.45, 2.75) is 26.7 Å². The lowest BCUT2D eigenvalue weighted by atomic mass is 10.0. The molecule has 0 aliphatic heterocycles. The molecule has 25 heavy (non-hydrogen) atoms. The van der Waals surface area contributed by atoms with E-state index in [2.05, 4.69) is 0 Å². The van der Waals surface area contributed by atoms with E-state index in [1.807, 2.05) is 24.6 Å². The Labute approximate surface area is 147 Å². The average molecular weight is 363 g/mol. The number of sulfonamides is 1. The zero-order valence-electron chi connectivity index (χ0n) is 14.4. The summed E-state index contributed by atoms with van der Waals surface area (Å²) in [5.41, 5.74) is 2.47. The number of hydrogen-bond acceptors (Lipinski definition) is 5. The molecule has 0 aromatic heterocycles. The van der Waals surface area contributed by atoms with E-state index < -0.39 is 15.9 Å². The summed E-state index contributed by atoms with van der Waals surface area (Å²) in [6.45, 7) is 3.84. The summed E-state index contributed by atoms with van der Waals surface area (Å²) in [5, 5.41) is 9.34. The molecule has 0 heterocycles. The van der Waals surface area contributed by atoms with Crippen molar-refractivity contribution in [2.24, 2.45) is 0 Å². The molecule has 0 aliphatic carbocycles. The Morgan fingerprint density at radius 2 is 1.84 bits per heavy atom. The molecule has 0 atom stereocenters. The van der Waals surface area contributed by atoms with Crippen LogP contribution in [0.15, 0.2) is 36.4 Å². The monoisotopic (exact) mass is 363 g/mol. The maximum absolute atomic E-state index is 11.8. The van der Waals surface area contributed by atoms with Crippen LogP contribution in [0.3, 0.4) is 0 Å². The number of hydrogen-bond donors (Lipinski definition) is 2. The normalized spacial score (nSPS) is 11.2. The molecule has 0 fully saturated rings. The highest BCUT2D eigenvalue weighted by molar-refractivity contribution is 7.89. The Balaban J connectivity index is 2.25. The van der Waals surface area contributed by atoms with Crippen LogP contribution >= 0.6 is 0 Å². The Hall–Kier alpha value is -2.54. The Bertz CT molecular complexity index is 873. The predicted octanol–water partition coefficient (Wildman–Crippen LogP) is 2.67. The standard InChI is InChI=1S/C18H21NO5S/c1-4-14-10-13(11-17(21)19-25(3,22)23)9-12(2)18(14)24-16-7-5-15(20)6-8-16/h5-10,20H,4,11H2,1-3H3,(H,19,21). The molecule has 0 radical (unpaired) electrons. The van der Waals surface area contributed by atoms with E-state index in [0.717, 1.165) is 17.4 Å². The molecule has 0 bridgehead atoms. The van der Waals surface area contributed by atoms with Crippen molar-refractivity contribution in [1.29, 1.82) is 0 Å². The number of benzene rings is 2. The van der Waals surface area contributed by atoms with E-state index in [-0.39, 0.29) is 12.2 Å². The van der Waals surface area contributed by atoms with Crippen molar-refractivity contribution in [3.8, 4) is 17.2 Å². The van der Waals surface area contributed by atoms with Crippen molar-refractivity contribution in [1.82, 2.24) is 4.72 Å². The van der Waals surface area contributed by atoms with Crippen LogP contribution < -0.4 is 9.46 Å². The molecule has 7 heteroatoms. The van der Waals surface area contributed by atoms with Gasteiger partial charge in [0, 0.05) is 0 Å². The second-order valence-corrected chi connectivity index (χ2v) is 7.57. The summed E-state index contributed by atoms with van der Waals surface area (Å²) in [7, 11) is -3.57. The van der Waals surface area contributed by atoms with Gasteiger partial charge in [0.1, 0.15) is 17.2 Å². The van der Waals surface area contributed by atoms with Gasteiger partial charge in [0.05, 0.1) is 12.7 Å². The fourth-order valence-electron chi connectivity index (χ4n) is 2.50. The first-order valence-electron chi connectivity index (χ1n) is 7.78. The van der Waals surface area contributed by atoms with Gasteiger partial charge in [-0.15, -0.1) is 0 Å². The van der Waals surface area contributed by atoms with Crippen molar-refractivity contribution in [3.63, 3.8) is 0 Å². The Morgan fingerprint density at radius 3 is 2.40 bits per heavy atom. The summed E-state index contributed by atoms with van der Waals surface area (Å²) in [5.74, 6) is 0.877. The summed E-state index contributed by atoms with van der Waals surface area (Å²) < 4.78 is 30.1. The molecule has 6 nitrogen and oxygen atoms in total. The molecule has 2 N–H and O–H groups in total. The largest absolute Gasteiger partial charge is 0.508 e. The summed E-state index contributed by atoms with van der Waals surface area (Å²) >= 11 is 0. The van der Waals surface area contributed by atoms with Crippen LogP contribution in [-0.4, -0.2) is 25.7 Å². The van der Waals surface area contributed by atoms with E-state index in [4.69, 9.17) is 4.74 Å². The lowest BCUT2D eigenvalue weighted by molar-refractivity contribution is -0.118. The maximum atomic E-state index is 11.8. The number of phenols is 1. The van der Waals surface area contributed by atoms with Crippen LogP contribution in [0.4, 0.5) is 0 Å². The van der Waals surface area contributed by atoms with Crippen molar-refractivity contribution in [3.05, 3.63) is 53.1 Å². The lowest BCUT2D eigenvalue weighted by Crippen LogP contribution is -2.30. The third kappa shape index (κ3) is 5.49. The van der Waals surface area contributed by atoms with Gasteiger partial charge in [-0.25, -0.2) is 8.42 Å². The summed E-state index contributed by atoms with van der Waals surface area (Å²) in [4.78, 5) is 11.8. The molecule has 0 saturated heterocycles. The highest BCUT2D eigenvalue weighted by atomic mass is 32.2. The first-order chi connectivity index (χ1) is 11.7. The molecule has 0 saturated carbocycles. The third-order valence-corrected chi connectivity index (χ3v) is 4.11. The summed E-state index contributed by atoms with van der Waals surface area (Å²) in [6, 6.07) is 10.1. The van der Waals surface area contributed by atoms with Crippen LogP contribution in [0, 0.1) is 6.92 Å². The van der Waals surface area contributed by atoms with Crippen LogP contribution in [0.25, 0.3) is 0 Å².